The zero-order chi connectivity index (χ0) is 18.5. The lowest BCUT2D eigenvalue weighted by Gasteiger charge is -2.30. The molecule has 0 bridgehead atoms. The summed E-state index contributed by atoms with van der Waals surface area (Å²) in [5, 5.41) is 2.81. The minimum absolute atomic E-state index is 0.0392. The Balaban J connectivity index is 2.58. The third kappa shape index (κ3) is 6.20. The Morgan fingerprint density at radius 2 is 2.04 bits per heavy atom. The maximum atomic E-state index is 12.3. The monoisotopic (exact) mass is 341 g/mol. The molecule has 1 rings (SSSR count). The Labute approximate surface area is 144 Å². The lowest BCUT2D eigenvalue weighted by atomic mass is 9.75. The summed E-state index contributed by atoms with van der Waals surface area (Å²) in [5.74, 6) is -0.701. The molecule has 0 saturated carbocycles. The van der Waals surface area contributed by atoms with E-state index in [4.69, 9.17) is 10.5 Å². The number of ether oxygens (including phenoxy) is 1. The van der Waals surface area contributed by atoms with Crippen molar-refractivity contribution in [3.8, 4) is 0 Å². The highest BCUT2D eigenvalue weighted by Crippen LogP contribution is 2.32. The first kappa shape index (κ1) is 20.6. The normalized spacial score (nSPS) is 22.7. The molecule has 0 aromatic rings. The van der Waals surface area contributed by atoms with Crippen molar-refractivity contribution < 1.29 is 19.1 Å². The number of hydrogen-bond donors (Lipinski definition) is 2. The number of rotatable bonds is 9. The number of nitrogens with two attached hydrogens (primary N) is 1. The van der Waals surface area contributed by atoms with Crippen molar-refractivity contribution in [1.29, 1.82) is 0 Å². The smallest absolute Gasteiger partial charge is 0.220 e. The second-order valence-corrected chi connectivity index (χ2v) is 7.69. The van der Waals surface area contributed by atoms with E-state index < -0.39 is 6.04 Å². The van der Waals surface area contributed by atoms with Crippen LogP contribution in [0.1, 0.15) is 40.0 Å². The van der Waals surface area contributed by atoms with Gasteiger partial charge < -0.3 is 20.7 Å². The molecule has 1 saturated heterocycles. The molecule has 2 amide bonds. The van der Waals surface area contributed by atoms with Crippen molar-refractivity contribution in [2.75, 3.05) is 27.2 Å². The highest BCUT2D eigenvalue weighted by molar-refractivity contribution is 5.91. The van der Waals surface area contributed by atoms with Crippen LogP contribution in [0.15, 0.2) is 0 Å². The third-order valence-corrected chi connectivity index (χ3v) is 4.79. The van der Waals surface area contributed by atoms with E-state index in [-0.39, 0.29) is 54.5 Å². The molecule has 1 heterocycles. The molecule has 1 aliphatic heterocycles. The van der Waals surface area contributed by atoms with E-state index in [2.05, 4.69) is 5.32 Å². The number of carbonyl (C=O) groups excluding carboxylic acids is 3. The van der Waals surface area contributed by atoms with Crippen LogP contribution in [0.3, 0.4) is 0 Å². The van der Waals surface area contributed by atoms with E-state index in [1.54, 1.807) is 0 Å². The predicted octanol–water partition coefficient (Wildman–Crippen LogP) is 0.319. The van der Waals surface area contributed by atoms with Crippen LogP contribution in [0, 0.1) is 11.3 Å². The Hall–Kier alpha value is -1.47. The number of nitrogens with one attached hydrogen (secondary N) is 1. The van der Waals surface area contributed by atoms with Gasteiger partial charge in [-0.2, -0.15) is 0 Å². The first-order valence-corrected chi connectivity index (χ1v) is 8.39. The van der Waals surface area contributed by atoms with Crippen LogP contribution >= 0.6 is 0 Å². The number of primary amides is 1. The van der Waals surface area contributed by atoms with Crippen molar-refractivity contribution in [3.05, 3.63) is 0 Å². The molecule has 1 fully saturated rings. The highest BCUT2D eigenvalue weighted by atomic mass is 16.5. The van der Waals surface area contributed by atoms with Crippen LogP contribution in [0.2, 0.25) is 0 Å². The maximum absolute atomic E-state index is 12.3. The van der Waals surface area contributed by atoms with Gasteiger partial charge in [0.1, 0.15) is 12.6 Å². The first-order valence-electron chi connectivity index (χ1n) is 8.39. The molecule has 3 unspecified atom stereocenters. The molecule has 3 atom stereocenters. The van der Waals surface area contributed by atoms with Gasteiger partial charge in [-0.1, -0.05) is 20.8 Å². The van der Waals surface area contributed by atoms with Crippen molar-refractivity contribution in [1.82, 2.24) is 10.2 Å². The van der Waals surface area contributed by atoms with E-state index in [0.717, 1.165) is 6.54 Å². The molecule has 0 aliphatic carbocycles. The highest BCUT2D eigenvalue weighted by Gasteiger charge is 2.37. The number of Topliss-reactive ketones (excluding diaryl/α,β-unsaturated/α-hetero) is 1. The van der Waals surface area contributed by atoms with Crippen molar-refractivity contribution in [2.24, 2.45) is 17.1 Å². The summed E-state index contributed by atoms with van der Waals surface area (Å²) < 4.78 is 5.50. The zero-order valence-electron chi connectivity index (χ0n) is 15.4. The average Bonchev–Trinajstić information content (AvgIpc) is 2.76. The first-order chi connectivity index (χ1) is 11.0. The van der Waals surface area contributed by atoms with E-state index in [9.17, 15) is 14.4 Å². The fourth-order valence-corrected chi connectivity index (χ4v) is 2.80. The average molecular weight is 341 g/mol. The lowest BCUT2D eigenvalue weighted by Crippen LogP contribution is -2.46. The van der Waals surface area contributed by atoms with E-state index in [0.29, 0.717) is 6.42 Å². The molecule has 138 valence electrons. The molecule has 0 aromatic heterocycles. The van der Waals surface area contributed by atoms with Crippen LogP contribution in [0.5, 0.6) is 0 Å². The second kappa shape index (κ2) is 8.58. The molecular weight excluding hydrogens is 310 g/mol. The summed E-state index contributed by atoms with van der Waals surface area (Å²) in [7, 11) is 3.90. The van der Waals surface area contributed by atoms with Gasteiger partial charge in [-0.3, -0.25) is 14.4 Å². The molecule has 3 N–H and O–H groups in total. The van der Waals surface area contributed by atoms with Gasteiger partial charge in [0.25, 0.3) is 0 Å². The van der Waals surface area contributed by atoms with Gasteiger partial charge in [-0.05, 0) is 31.8 Å². The summed E-state index contributed by atoms with van der Waals surface area (Å²) in [6.07, 6.45) is 0.868. The van der Waals surface area contributed by atoms with Gasteiger partial charge in [0, 0.05) is 19.4 Å². The van der Waals surface area contributed by atoms with Crippen molar-refractivity contribution in [3.63, 3.8) is 0 Å². The summed E-state index contributed by atoms with van der Waals surface area (Å²) in [5.41, 5.74) is 4.90. The summed E-state index contributed by atoms with van der Waals surface area (Å²) in [4.78, 5) is 37.5. The van der Waals surface area contributed by atoms with E-state index >= 15 is 0 Å². The molecular formula is C17H31N3O4. The number of carbonyl (C=O) groups is 3. The minimum Gasteiger partial charge on any atom is -0.370 e. The minimum atomic E-state index is -0.580. The fourth-order valence-electron chi connectivity index (χ4n) is 2.80. The molecule has 7 heteroatoms. The van der Waals surface area contributed by atoms with Crippen LogP contribution in [-0.2, 0) is 19.1 Å². The molecule has 0 aromatic carbocycles. The lowest BCUT2D eigenvalue weighted by molar-refractivity contribution is -0.128. The number of ketones is 1. The number of amides is 2. The van der Waals surface area contributed by atoms with Gasteiger partial charge in [0.15, 0.2) is 5.78 Å². The Bertz CT molecular complexity index is 476. The zero-order valence-corrected chi connectivity index (χ0v) is 15.4. The SMILES string of the molecule is CC(CC(=O)NC1C(=O)COC1CCN(C)C)C(C)(C)CC(N)=O. The van der Waals surface area contributed by atoms with Crippen LogP contribution in [0.25, 0.3) is 0 Å². The third-order valence-electron chi connectivity index (χ3n) is 4.79. The van der Waals surface area contributed by atoms with Crippen LogP contribution in [0.4, 0.5) is 0 Å². The second-order valence-electron chi connectivity index (χ2n) is 7.69. The topological polar surface area (TPSA) is 102 Å². The van der Waals surface area contributed by atoms with E-state index in [1.807, 2.05) is 39.8 Å². The van der Waals surface area contributed by atoms with Gasteiger partial charge in [-0.15, -0.1) is 0 Å². The standard InChI is InChI=1S/C17H31N3O4/c1-11(17(2,3)9-14(18)22)8-15(23)19-16-12(21)10-24-13(16)6-7-20(4)5/h11,13,16H,6-10H2,1-5H3,(H2,18,22)(H,19,23). The Morgan fingerprint density at radius 1 is 1.42 bits per heavy atom. The molecule has 0 radical (unpaired) electrons. The molecule has 24 heavy (non-hydrogen) atoms. The number of nitrogens with zero attached hydrogens (tertiary/aromatic N) is 1. The Kier molecular flexibility index (Phi) is 7.35. The molecule has 1 aliphatic rings. The van der Waals surface area contributed by atoms with E-state index in [1.165, 1.54) is 0 Å². The summed E-state index contributed by atoms with van der Waals surface area (Å²) in [6.45, 7) is 6.58. The summed E-state index contributed by atoms with van der Waals surface area (Å²) in [6, 6.07) is -0.580. The van der Waals surface area contributed by atoms with Gasteiger partial charge in [-0.25, -0.2) is 0 Å². The quantitative estimate of drug-likeness (QED) is 0.629. The van der Waals surface area contributed by atoms with Gasteiger partial charge in [0.05, 0.1) is 6.10 Å². The Morgan fingerprint density at radius 3 is 2.58 bits per heavy atom. The van der Waals surface area contributed by atoms with Crippen LogP contribution < -0.4 is 11.1 Å². The largest absolute Gasteiger partial charge is 0.370 e. The van der Waals surface area contributed by atoms with Gasteiger partial charge >= 0.3 is 0 Å². The van der Waals surface area contributed by atoms with Crippen LogP contribution in [-0.4, -0.2) is 61.9 Å². The predicted molar refractivity (Wildman–Crippen MR) is 91.2 cm³/mol. The fraction of sp³-hybridized carbons (Fsp3) is 0.824. The van der Waals surface area contributed by atoms with Crippen molar-refractivity contribution >= 4 is 17.6 Å². The molecule has 0 spiro atoms. The number of hydrogen-bond acceptors (Lipinski definition) is 5. The molecule has 7 nitrogen and oxygen atoms in total. The summed E-state index contributed by atoms with van der Waals surface area (Å²) >= 11 is 0. The van der Waals surface area contributed by atoms with Gasteiger partial charge in [0.2, 0.25) is 11.8 Å². The maximum Gasteiger partial charge on any atom is 0.220 e. The van der Waals surface area contributed by atoms with Crippen molar-refractivity contribution in [2.45, 2.75) is 52.2 Å².